The van der Waals surface area contributed by atoms with Crippen molar-refractivity contribution in [1.29, 1.82) is 0 Å². The quantitative estimate of drug-likeness (QED) is 0.747. The molecule has 0 aliphatic carbocycles. The summed E-state index contributed by atoms with van der Waals surface area (Å²) < 4.78 is 3.38. The van der Waals surface area contributed by atoms with Gasteiger partial charge >= 0.3 is 0 Å². The molecule has 0 fully saturated rings. The zero-order valence-electron chi connectivity index (χ0n) is 11.7. The van der Waals surface area contributed by atoms with Crippen LogP contribution >= 0.6 is 11.3 Å². The Labute approximate surface area is 124 Å². The van der Waals surface area contributed by atoms with Gasteiger partial charge in [-0.1, -0.05) is 18.3 Å². The van der Waals surface area contributed by atoms with Crippen LogP contribution in [0.3, 0.4) is 0 Å². The normalized spacial score (nSPS) is 12.7. The van der Waals surface area contributed by atoms with E-state index in [9.17, 15) is 4.79 Å². The molecule has 1 N–H and O–H groups in total. The highest BCUT2D eigenvalue weighted by atomic mass is 32.1. The first kappa shape index (κ1) is 13.7. The van der Waals surface area contributed by atoms with Gasteiger partial charge in [-0.05, 0) is 6.92 Å². The van der Waals surface area contributed by atoms with Crippen LogP contribution in [0.15, 0.2) is 18.9 Å². The lowest BCUT2D eigenvalue weighted by Crippen LogP contribution is -2.31. The van der Waals surface area contributed by atoms with Crippen LogP contribution in [0, 0.1) is 12.8 Å². The lowest BCUT2D eigenvalue weighted by molar-refractivity contribution is -0.125. The molecule has 3 rings (SSSR count). The van der Waals surface area contributed by atoms with Gasteiger partial charge in [-0.15, -0.1) is 0 Å². The SMILES string of the molecule is Cc1nn2cc(CNC(=O)C(C)Cn3cncn3)nc2s1. The summed E-state index contributed by atoms with van der Waals surface area (Å²) in [6.07, 6.45) is 4.89. The maximum Gasteiger partial charge on any atom is 0.225 e. The lowest BCUT2D eigenvalue weighted by atomic mass is 10.1. The molecule has 3 aromatic heterocycles. The summed E-state index contributed by atoms with van der Waals surface area (Å²) in [6.45, 7) is 4.70. The summed E-state index contributed by atoms with van der Waals surface area (Å²) in [5.41, 5.74) is 0.801. The minimum Gasteiger partial charge on any atom is -0.350 e. The largest absolute Gasteiger partial charge is 0.350 e. The Kier molecular flexibility index (Phi) is 3.65. The van der Waals surface area contributed by atoms with Crippen LogP contribution in [0.5, 0.6) is 0 Å². The third-order valence-electron chi connectivity index (χ3n) is 3.01. The van der Waals surface area contributed by atoms with Crippen molar-refractivity contribution in [3.05, 3.63) is 29.6 Å². The molecular weight excluding hydrogens is 290 g/mol. The fourth-order valence-electron chi connectivity index (χ4n) is 1.97. The van der Waals surface area contributed by atoms with Crippen molar-refractivity contribution in [3.63, 3.8) is 0 Å². The molecule has 3 heterocycles. The summed E-state index contributed by atoms with van der Waals surface area (Å²) in [5, 5.41) is 12.1. The predicted octanol–water partition coefficient (Wildman–Crippen LogP) is 0.643. The molecule has 9 heteroatoms. The molecule has 0 bridgehead atoms. The highest BCUT2D eigenvalue weighted by Crippen LogP contribution is 2.13. The fraction of sp³-hybridized carbons (Fsp3) is 0.417. The van der Waals surface area contributed by atoms with E-state index in [4.69, 9.17) is 0 Å². The first-order chi connectivity index (χ1) is 10.1. The third kappa shape index (κ3) is 3.07. The van der Waals surface area contributed by atoms with E-state index in [-0.39, 0.29) is 11.8 Å². The first-order valence-corrected chi connectivity index (χ1v) is 7.35. The smallest absolute Gasteiger partial charge is 0.225 e. The number of nitrogens with zero attached hydrogens (tertiary/aromatic N) is 6. The van der Waals surface area contributed by atoms with E-state index in [1.807, 2.05) is 20.0 Å². The van der Waals surface area contributed by atoms with Crippen LogP contribution in [0.2, 0.25) is 0 Å². The number of rotatable bonds is 5. The first-order valence-electron chi connectivity index (χ1n) is 6.53. The number of hydrogen-bond acceptors (Lipinski definition) is 6. The van der Waals surface area contributed by atoms with Gasteiger partial charge in [0, 0.05) is 0 Å². The van der Waals surface area contributed by atoms with E-state index in [0.717, 1.165) is 15.7 Å². The average molecular weight is 305 g/mol. The Morgan fingerprint density at radius 3 is 3.10 bits per heavy atom. The zero-order chi connectivity index (χ0) is 14.8. The van der Waals surface area contributed by atoms with Crippen LogP contribution in [0.25, 0.3) is 4.96 Å². The van der Waals surface area contributed by atoms with E-state index in [2.05, 4.69) is 25.5 Å². The molecule has 8 nitrogen and oxygen atoms in total. The number of aromatic nitrogens is 6. The van der Waals surface area contributed by atoms with Gasteiger partial charge in [-0.25, -0.2) is 14.5 Å². The van der Waals surface area contributed by atoms with Gasteiger partial charge in [-0.3, -0.25) is 9.48 Å². The van der Waals surface area contributed by atoms with Gasteiger partial charge in [-0.2, -0.15) is 10.2 Å². The van der Waals surface area contributed by atoms with Crippen molar-refractivity contribution in [1.82, 2.24) is 34.7 Å². The molecule has 21 heavy (non-hydrogen) atoms. The monoisotopic (exact) mass is 305 g/mol. The van der Waals surface area contributed by atoms with Gasteiger partial charge < -0.3 is 5.32 Å². The van der Waals surface area contributed by atoms with E-state index in [1.54, 1.807) is 15.5 Å². The second kappa shape index (κ2) is 5.60. The molecule has 1 atom stereocenters. The predicted molar refractivity (Wildman–Crippen MR) is 76.6 cm³/mol. The molecule has 0 aliphatic heterocycles. The highest BCUT2D eigenvalue weighted by Gasteiger charge is 2.14. The van der Waals surface area contributed by atoms with Crippen molar-refractivity contribution < 1.29 is 4.79 Å². The standard InChI is InChI=1S/C12H15N7OS/c1-8(4-18-7-13-6-15-18)11(20)14-3-10-5-19-12(16-10)21-9(2)17-19/h5-8H,3-4H2,1-2H3,(H,14,20). The second-order valence-electron chi connectivity index (χ2n) is 4.82. The Balaban J connectivity index is 1.56. The lowest BCUT2D eigenvalue weighted by Gasteiger charge is -2.10. The zero-order valence-corrected chi connectivity index (χ0v) is 12.5. The highest BCUT2D eigenvalue weighted by molar-refractivity contribution is 7.16. The van der Waals surface area contributed by atoms with Gasteiger partial charge in [0.05, 0.1) is 30.9 Å². The third-order valence-corrected chi connectivity index (χ3v) is 3.85. The summed E-state index contributed by atoms with van der Waals surface area (Å²) >= 11 is 1.53. The van der Waals surface area contributed by atoms with Crippen LogP contribution in [-0.2, 0) is 17.9 Å². The summed E-state index contributed by atoms with van der Waals surface area (Å²) in [7, 11) is 0. The van der Waals surface area contributed by atoms with Crippen LogP contribution < -0.4 is 5.32 Å². The molecule has 110 valence electrons. The van der Waals surface area contributed by atoms with Crippen LogP contribution in [0.4, 0.5) is 0 Å². The Hall–Kier alpha value is -2.29. The number of carbonyl (C=O) groups is 1. The van der Waals surface area contributed by atoms with E-state index < -0.39 is 0 Å². The Bertz CT molecular complexity index is 713. The second-order valence-corrected chi connectivity index (χ2v) is 5.98. The molecule has 0 radical (unpaired) electrons. The maximum absolute atomic E-state index is 12.0. The number of aryl methyl sites for hydroxylation is 1. The molecule has 0 saturated carbocycles. The molecule has 1 unspecified atom stereocenters. The fourth-order valence-corrected chi connectivity index (χ4v) is 2.72. The summed E-state index contributed by atoms with van der Waals surface area (Å²) in [5.74, 6) is -0.221. The summed E-state index contributed by atoms with van der Waals surface area (Å²) in [4.78, 5) is 21.1. The van der Waals surface area contributed by atoms with Gasteiger partial charge in [0.15, 0.2) is 0 Å². The van der Waals surface area contributed by atoms with E-state index in [1.165, 1.54) is 17.7 Å². The molecule has 0 saturated heterocycles. The van der Waals surface area contributed by atoms with Gasteiger partial charge in [0.25, 0.3) is 0 Å². The molecule has 0 spiro atoms. The minimum atomic E-state index is -0.184. The topological polar surface area (TPSA) is 90.0 Å². The molecule has 0 aliphatic rings. The van der Waals surface area contributed by atoms with Crippen LogP contribution in [-0.4, -0.2) is 35.3 Å². The number of imidazole rings is 1. The van der Waals surface area contributed by atoms with Crippen molar-refractivity contribution in [2.24, 2.45) is 5.92 Å². The van der Waals surface area contributed by atoms with E-state index >= 15 is 0 Å². The Morgan fingerprint density at radius 1 is 1.52 bits per heavy atom. The van der Waals surface area contributed by atoms with Crippen molar-refractivity contribution in [3.8, 4) is 0 Å². The van der Waals surface area contributed by atoms with Crippen molar-refractivity contribution in [2.75, 3.05) is 0 Å². The Morgan fingerprint density at radius 2 is 2.38 bits per heavy atom. The number of hydrogen-bond donors (Lipinski definition) is 1. The van der Waals surface area contributed by atoms with Crippen molar-refractivity contribution >= 4 is 22.2 Å². The molecule has 3 aromatic rings. The van der Waals surface area contributed by atoms with Gasteiger partial charge in [0.2, 0.25) is 10.9 Å². The number of amides is 1. The average Bonchev–Trinajstić information content (AvgIpc) is 3.12. The molecule has 1 amide bonds. The van der Waals surface area contributed by atoms with Crippen LogP contribution in [0.1, 0.15) is 17.6 Å². The van der Waals surface area contributed by atoms with E-state index in [0.29, 0.717) is 13.1 Å². The number of fused-ring (bicyclic) bond motifs is 1. The van der Waals surface area contributed by atoms with Crippen molar-refractivity contribution in [2.45, 2.75) is 26.9 Å². The van der Waals surface area contributed by atoms with Gasteiger partial charge in [0.1, 0.15) is 17.7 Å². The minimum absolute atomic E-state index is 0.0361. The molecule has 0 aromatic carbocycles. The summed E-state index contributed by atoms with van der Waals surface area (Å²) in [6, 6.07) is 0. The maximum atomic E-state index is 12.0. The molecular formula is C12H15N7OS. The number of nitrogens with one attached hydrogen (secondary N) is 1. The number of carbonyl (C=O) groups excluding carboxylic acids is 1.